The molecule has 2 nitrogen and oxygen atoms in total. The quantitative estimate of drug-likeness (QED) is 0.897. The van der Waals surface area contributed by atoms with Crippen LogP contribution in [0.3, 0.4) is 0 Å². The Balaban J connectivity index is 2.36. The van der Waals surface area contributed by atoms with Crippen LogP contribution in [0.25, 0.3) is 0 Å². The fourth-order valence-electron chi connectivity index (χ4n) is 2.05. The van der Waals surface area contributed by atoms with Gasteiger partial charge in [0.2, 0.25) is 0 Å². The molecule has 19 heavy (non-hydrogen) atoms. The largest absolute Gasteiger partial charge is 0.343 e. The lowest BCUT2D eigenvalue weighted by molar-refractivity contribution is 0.818. The number of anilines is 2. The Hall–Kier alpha value is -1.51. The molecule has 0 aliphatic heterocycles. The summed E-state index contributed by atoms with van der Waals surface area (Å²) in [5.74, 6) is 0. The first-order chi connectivity index (χ1) is 8.99. The molecule has 0 aromatic heterocycles. The Morgan fingerprint density at radius 3 is 2.47 bits per heavy atom. The van der Waals surface area contributed by atoms with Crippen LogP contribution in [0, 0.1) is 6.92 Å². The average Bonchev–Trinajstić information content (AvgIpc) is 2.37. The predicted molar refractivity (Wildman–Crippen MR) is 83.3 cm³/mol. The van der Waals surface area contributed by atoms with Gasteiger partial charge >= 0.3 is 0 Å². The Morgan fingerprint density at radius 2 is 1.89 bits per heavy atom. The summed E-state index contributed by atoms with van der Waals surface area (Å²) < 4.78 is 0. The van der Waals surface area contributed by atoms with E-state index in [9.17, 15) is 0 Å². The minimum atomic E-state index is -0.00386. The molecule has 2 rings (SSSR count). The maximum absolute atomic E-state index is 6.36. The molecule has 2 N–H and O–H groups in total. The van der Waals surface area contributed by atoms with Crippen molar-refractivity contribution in [1.29, 1.82) is 0 Å². The van der Waals surface area contributed by atoms with Gasteiger partial charge in [-0.1, -0.05) is 29.8 Å². The smallest absolute Gasteiger partial charge is 0.0646 e. The number of halogens is 1. The van der Waals surface area contributed by atoms with Crippen LogP contribution < -0.4 is 10.6 Å². The number of hydrogen-bond donors (Lipinski definition) is 1. The molecule has 0 amide bonds. The zero-order chi connectivity index (χ0) is 14.0. The summed E-state index contributed by atoms with van der Waals surface area (Å²) >= 11 is 6.36. The summed E-state index contributed by atoms with van der Waals surface area (Å²) in [6.07, 6.45) is 0. The molecule has 0 fully saturated rings. The minimum absolute atomic E-state index is 0.00386. The maximum Gasteiger partial charge on any atom is 0.0646 e. The van der Waals surface area contributed by atoms with Gasteiger partial charge in [-0.15, -0.1) is 0 Å². The molecule has 0 saturated heterocycles. The Morgan fingerprint density at radius 1 is 1.16 bits per heavy atom. The summed E-state index contributed by atoms with van der Waals surface area (Å²) in [6, 6.07) is 14.3. The lowest BCUT2D eigenvalue weighted by Crippen LogP contribution is -2.11. The topological polar surface area (TPSA) is 29.3 Å². The van der Waals surface area contributed by atoms with Gasteiger partial charge in [0.25, 0.3) is 0 Å². The van der Waals surface area contributed by atoms with Gasteiger partial charge in [-0.2, -0.15) is 0 Å². The highest BCUT2D eigenvalue weighted by Crippen LogP contribution is 2.32. The highest BCUT2D eigenvalue weighted by molar-refractivity contribution is 6.33. The van der Waals surface area contributed by atoms with Crippen molar-refractivity contribution >= 4 is 23.0 Å². The Bertz CT molecular complexity index is 579. The third kappa shape index (κ3) is 3.09. The number of aryl methyl sites for hydroxylation is 1. The van der Waals surface area contributed by atoms with Crippen LogP contribution in [0.4, 0.5) is 11.4 Å². The zero-order valence-electron chi connectivity index (χ0n) is 11.5. The number of benzene rings is 2. The first kappa shape index (κ1) is 13.9. The second kappa shape index (κ2) is 5.64. The molecule has 1 atom stereocenters. The minimum Gasteiger partial charge on any atom is -0.343 e. The van der Waals surface area contributed by atoms with Crippen LogP contribution in [0.1, 0.15) is 24.1 Å². The second-order valence-corrected chi connectivity index (χ2v) is 5.30. The molecule has 2 aromatic rings. The van der Waals surface area contributed by atoms with Crippen LogP contribution in [0.15, 0.2) is 42.5 Å². The summed E-state index contributed by atoms with van der Waals surface area (Å²) in [5, 5.41) is 0.721. The van der Waals surface area contributed by atoms with Gasteiger partial charge in [-0.05, 0) is 49.2 Å². The van der Waals surface area contributed by atoms with E-state index in [-0.39, 0.29) is 6.04 Å². The Labute approximate surface area is 119 Å². The summed E-state index contributed by atoms with van der Waals surface area (Å²) in [5.41, 5.74) is 10.2. The van der Waals surface area contributed by atoms with Crippen molar-refractivity contribution in [2.24, 2.45) is 5.73 Å². The van der Waals surface area contributed by atoms with Crippen molar-refractivity contribution in [3.05, 3.63) is 58.6 Å². The molecule has 0 spiro atoms. The maximum atomic E-state index is 6.36. The summed E-state index contributed by atoms with van der Waals surface area (Å²) in [4.78, 5) is 2.08. The van der Waals surface area contributed by atoms with Gasteiger partial charge in [0, 0.05) is 18.8 Å². The van der Waals surface area contributed by atoms with Crippen LogP contribution in [-0.2, 0) is 0 Å². The average molecular weight is 275 g/mol. The van der Waals surface area contributed by atoms with E-state index in [4.69, 9.17) is 17.3 Å². The van der Waals surface area contributed by atoms with E-state index in [1.54, 1.807) is 0 Å². The van der Waals surface area contributed by atoms with Crippen LogP contribution in [0.2, 0.25) is 5.02 Å². The first-order valence-electron chi connectivity index (χ1n) is 6.34. The fraction of sp³-hybridized carbons (Fsp3) is 0.250. The molecule has 0 aliphatic carbocycles. The van der Waals surface area contributed by atoms with Crippen LogP contribution in [-0.4, -0.2) is 7.05 Å². The van der Waals surface area contributed by atoms with Crippen molar-refractivity contribution in [2.45, 2.75) is 19.9 Å². The number of hydrogen-bond acceptors (Lipinski definition) is 2. The second-order valence-electron chi connectivity index (χ2n) is 4.90. The van der Waals surface area contributed by atoms with Crippen LogP contribution >= 0.6 is 11.6 Å². The van der Waals surface area contributed by atoms with Crippen molar-refractivity contribution in [1.82, 2.24) is 0 Å². The number of nitrogens with zero attached hydrogens (tertiary/aromatic N) is 1. The lowest BCUT2D eigenvalue weighted by atomic mass is 10.1. The number of nitrogens with two attached hydrogens (primary N) is 1. The van der Waals surface area contributed by atoms with E-state index in [1.165, 1.54) is 5.56 Å². The molecule has 0 saturated carbocycles. The molecule has 2 aromatic carbocycles. The van der Waals surface area contributed by atoms with Crippen molar-refractivity contribution in [2.75, 3.05) is 11.9 Å². The van der Waals surface area contributed by atoms with Gasteiger partial charge in [-0.25, -0.2) is 0 Å². The van der Waals surface area contributed by atoms with E-state index >= 15 is 0 Å². The normalized spacial score (nSPS) is 12.3. The van der Waals surface area contributed by atoms with Gasteiger partial charge in [-0.3, -0.25) is 0 Å². The SMILES string of the molecule is Cc1cccc(N(C)c2ccc(C(C)N)cc2Cl)c1. The van der Waals surface area contributed by atoms with Crippen molar-refractivity contribution in [3.63, 3.8) is 0 Å². The number of rotatable bonds is 3. The zero-order valence-corrected chi connectivity index (χ0v) is 12.3. The van der Waals surface area contributed by atoms with Crippen LogP contribution in [0.5, 0.6) is 0 Å². The molecule has 3 heteroatoms. The molecular weight excluding hydrogens is 256 g/mol. The molecule has 0 radical (unpaired) electrons. The summed E-state index contributed by atoms with van der Waals surface area (Å²) in [7, 11) is 2.02. The molecule has 1 unspecified atom stereocenters. The molecule has 0 heterocycles. The summed E-state index contributed by atoms with van der Waals surface area (Å²) in [6.45, 7) is 4.04. The van der Waals surface area contributed by atoms with Crippen molar-refractivity contribution in [3.8, 4) is 0 Å². The van der Waals surface area contributed by atoms with E-state index < -0.39 is 0 Å². The monoisotopic (exact) mass is 274 g/mol. The standard InChI is InChI=1S/C16H19ClN2/c1-11-5-4-6-14(9-11)19(3)16-8-7-13(12(2)18)10-15(16)17/h4-10,12H,18H2,1-3H3. The Kier molecular flexibility index (Phi) is 4.13. The van der Waals surface area contributed by atoms with Gasteiger partial charge in [0.1, 0.15) is 0 Å². The highest BCUT2D eigenvalue weighted by atomic mass is 35.5. The predicted octanol–water partition coefficient (Wildman–Crippen LogP) is 4.44. The van der Waals surface area contributed by atoms with Crippen molar-refractivity contribution < 1.29 is 0 Å². The van der Waals surface area contributed by atoms with Gasteiger partial charge < -0.3 is 10.6 Å². The van der Waals surface area contributed by atoms with E-state index in [2.05, 4.69) is 30.0 Å². The first-order valence-corrected chi connectivity index (χ1v) is 6.72. The van der Waals surface area contributed by atoms with Gasteiger partial charge in [0.05, 0.1) is 10.7 Å². The molecule has 0 aliphatic rings. The molecule has 0 bridgehead atoms. The van der Waals surface area contributed by atoms with E-state index in [0.29, 0.717) is 0 Å². The highest BCUT2D eigenvalue weighted by Gasteiger charge is 2.10. The third-order valence-electron chi connectivity index (χ3n) is 3.25. The third-order valence-corrected chi connectivity index (χ3v) is 3.55. The van der Waals surface area contributed by atoms with E-state index in [0.717, 1.165) is 22.0 Å². The fourth-order valence-corrected chi connectivity index (χ4v) is 2.37. The molecular formula is C16H19ClN2. The van der Waals surface area contributed by atoms with Gasteiger partial charge in [0.15, 0.2) is 0 Å². The van der Waals surface area contributed by atoms with E-state index in [1.807, 2.05) is 38.2 Å². The molecule has 100 valence electrons. The lowest BCUT2D eigenvalue weighted by Gasteiger charge is -2.22.